The molecule has 0 unspecified atom stereocenters. The van der Waals surface area contributed by atoms with E-state index in [9.17, 15) is 0 Å². The molecule has 5 rings (SSSR count). The van der Waals surface area contributed by atoms with Crippen molar-refractivity contribution in [1.29, 1.82) is 0 Å². The van der Waals surface area contributed by atoms with Crippen molar-refractivity contribution >= 4 is 17.7 Å². The van der Waals surface area contributed by atoms with Crippen LogP contribution in [0.3, 0.4) is 0 Å². The molecule has 1 fully saturated rings. The fourth-order valence-corrected chi connectivity index (χ4v) is 4.00. The highest BCUT2D eigenvalue weighted by Gasteiger charge is 2.25. The van der Waals surface area contributed by atoms with E-state index < -0.39 is 0 Å². The molecule has 3 aromatic rings. The van der Waals surface area contributed by atoms with Crippen molar-refractivity contribution in [1.82, 2.24) is 14.9 Å². The average Bonchev–Trinajstić information content (AvgIpc) is 2.84. The molecule has 1 atom stereocenters. The predicted molar refractivity (Wildman–Crippen MR) is 123 cm³/mol. The zero-order valence-electron chi connectivity index (χ0n) is 18.0. The number of pyridine rings is 2. The van der Waals surface area contributed by atoms with Crippen LogP contribution in [0.4, 0.5) is 11.6 Å². The van der Waals surface area contributed by atoms with Crippen LogP contribution in [0.15, 0.2) is 66.4 Å². The Balaban J connectivity index is 1.26. The Labute approximate surface area is 187 Å². The molecule has 164 valence electrons. The monoisotopic (exact) mass is 430 g/mol. The number of hydrogen-bond acceptors (Lipinski definition) is 7. The van der Waals surface area contributed by atoms with Crippen molar-refractivity contribution in [3.63, 3.8) is 0 Å². The van der Waals surface area contributed by atoms with Crippen LogP contribution in [0.5, 0.6) is 11.5 Å². The normalized spacial score (nSPS) is 18.3. The minimum absolute atomic E-state index is 0.0771. The minimum Gasteiger partial charge on any atom is -0.497 e. The van der Waals surface area contributed by atoms with Crippen molar-refractivity contribution in [2.24, 2.45) is 0 Å². The summed E-state index contributed by atoms with van der Waals surface area (Å²) in [5, 5.41) is 3.25. The standard InChI is InChI=1S/C25H26N4O3/c1-30-20-8-9-22-19(14-20)13-18(17-32-22)15-29-11-12-31-23(16-29)21-5-4-7-25(27-21)28-24-6-2-3-10-26-24/h2-10,13-14,23H,11-12,15-17H2,1H3,(H,26,27,28)/t23-/m1/s1. The van der Waals surface area contributed by atoms with Crippen LogP contribution < -0.4 is 14.8 Å². The van der Waals surface area contributed by atoms with Gasteiger partial charge in [0, 0.05) is 31.4 Å². The fourth-order valence-electron chi connectivity index (χ4n) is 4.00. The second kappa shape index (κ2) is 9.38. The summed E-state index contributed by atoms with van der Waals surface area (Å²) in [7, 11) is 1.68. The molecular weight excluding hydrogens is 404 g/mol. The molecular formula is C25H26N4O3. The molecule has 0 amide bonds. The number of nitrogens with one attached hydrogen (secondary N) is 1. The smallest absolute Gasteiger partial charge is 0.131 e. The maximum atomic E-state index is 6.06. The van der Waals surface area contributed by atoms with Gasteiger partial charge in [0.1, 0.15) is 35.8 Å². The number of benzene rings is 1. The maximum Gasteiger partial charge on any atom is 0.131 e. The second-order valence-corrected chi connectivity index (χ2v) is 7.88. The first kappa shape index (κ1) is 20.5. The second-order valence-electron chi connectivity index (χ2n) is 7.88. The van der Waals surface area contributed by atoms with Gasteiger partial charge in [-0.2, -0.15) is 0 Å². The van der Waals surface area contributed by atoms with Crippen LogP contribution in [0.1, 0.15) is 17.4 Å². The maximum absolute atomic E-state index is 6.06. The van der Waals surface area contributed by atoms with Crippen molar-refractivity contribution in [2.75, 3.05) is 45.3 Å². The van der Waals surface area contributed by atoms with E-state index in [4.69, 9.17) is 19.2 Å². The number of fused-ring (bicyclic) bond motifs is 1. The Kier molecular flexibility index (Phi) is 6.00. The van der Waals surface area contributed by atoms with Gasteiger partial charge in [0.25, 0.3) is 0 Å². The Morgan fingerprint density at radius 2 is 2.06 bits per heavy atom. The molecule has 0 saturated carbocycles. The van der Waals surface area contributed by atoms with Gasteiger partial charge in [0.05, 0.1) is 19.4 Å². The number of ether oxygens (including phenoxy) is 3. The van der Waals surface area contributed by atoms with Crippen molar-refractivity contribution in [3.8, 4) is 11.5 Å². The highest BCUT2D eigenvalue weighted by atomic mass is 16.5. The molecule has 0 spiro atoms. The molecule has 0 radical (unpaired) electrons. The first-order chi connectivity index (χ1) is 15.8. The molecule has 1 saturated heterocycles. The number of methoxy groups -OCH3 is 1. The van der Waals surface area contributed by atoms with Crippen molar-refractivity contribution in [2.45, 2.75) is 6.10 Å². The van der Waals surface area contributed by atoms with E-state index in [0.717, 1.165) is 54.0 Å². The highest BCUT2D eigenvalue weighted by molar-refractivity contribution is 5.64. The molecule has 1 N–H and O–H groups in total. The number of rotatable bonds is 6. The van der Waals surface area contributed by atoms with Gasteiger partial charge < -0.3 is 19.5 Å². The first-order valence-electron chi connectivity index (χ1n) is 10.8. The predicted octanol–water partition coefficient (Wildman–Crippen LogP) is 4.08. The van der Waals surface area contributed by atoms with Gasteiger partial charge >= 0.3 is 0 Å². The van der Waals surface area contributed by atoms with Crippen molar-refractivity contribution < 1.29 is 14.2 Å². The lowest BCUT2D eigenvalue weighted by Gasteiger charge is -2.34. The molecule has 2 aromatic heterocycles. The molecule has 32 heavy (non-hydrogen) atoms. The lowest BCUT2D eigenvalue weighted by atomic mass is 10.1. The summed E-state index contributed by atoms with van der Waals surface area (Å²) >= 11 is 0. The summed E-state index contributed by atoms with van der Waals surface area (Å²) in [5.41, 5.74) is 3.22. The molecule has 7 nitrogen and oxygen atoms in total. The van der Waals surface area contributed by atoms with Crippen LogP contribution in [0.25, 0.3) is 6.08 Å². The van der Waals surface area contributed by atoms with Gasteiger partial charge in [0.2, 0.25) is 0 Å². The Morgan fingerprint density at radius 3 is 2.94 bits per heavy atom. The fraction of sp³-hybridized carbons (Fsp3) is 0.280. The van der Waals surface area contributed by atoms with Gasteiger partial charge in [-0.25, -0.2) is 9.97 Å². The molecule has 2 aliphatic heterocycles. The molecule has 0 aliphatic carbocycles. The van der Waals surface area contributed by atoms with Gasteiger partial charge in [-0.3, -0.25) is 4.90 Å². The number of nitrogens with zero attached hydrogens (tertiary/aromatic N) is 3. The zero-order valence-corrected chi connectivity index (χ0v) is 18.0. The molecule has 1 aromatic carbocycles. The third-order valence-electron chi connectivity index (χ3n) is 5.59. The molecule has 7 heteroatoms. The summed E-state index contributed by atoms with van der Waals surface area (Å²) in [5.74, 6) is 3.26. The zero-order chi connectivity index (χ0) is 21.8. The van der Waals surface area contributed by atoms with Crippen LogP contribution in [-0.4, -0.2) is 54.8 Å². The van der Waals surface area contributed by atoms with Gasteiger partial charge in [-0.15, -0.1) is 0 Å². The van der Waals surface area contributed by atoms with Crippen LogP contribution in [0.2, 0.25) is 0 Å². The number of hydrogen-bond donors (Lipinski definition) is 1. The summed E-state index contributed by atoms with van der Waals surface area (Å²) in [6.07, 6.45) is 3.89. The first-order valence-corrected chi connectivity index (χ1v) is 10.8. The Bertz CT molecular complexity index is 1100. The van der Waals surface area contributed by atoms with E-state index >= 15 is 0 Å². The molecule has 4 heterocycles. The largest absolute Gasteiger partial charge is 0.497 e. The topological polar surface area (TPSA) is 68.7 Å². The van der Waals surface area contributed by atoms with Gasteiger partial charge in [0.15, 0.2) is 0 Å². The third kappa shape index (κ3) is 4.74. The van der Waals surface area contributed by atoms with E-state index in [1.165, 1.54) is 5.57 Å². The lowest BCUT2D eigenvalue weighted by Crippen LogP contribution is -2.40. The van der Waals surface area contributed by atoms with E-state index in [0.29, 0.717) is 13.2 Å². The number of morpholine rings is 1. The Morgan fingerprint density at radius 1 is 1.12 bits per heavy atom. The van der Waals surface area contributed by atoms with Gasteiger partial charge in [-0.05, 0) is 54.1 Å². The summed E-state index contributed by atoms with van der Waals surface area (Å²) in [6, 6.07) is 17.6. The summed E-state index contributed by atoms with van der Waals surface area (Å²) in [4.78, 5) is 11.5. The number of aromatic nitrogens is 2. The van der Waals surface area contributed by atoms with E-state index in [1.54, 1.807) is 13.3 Å². The quantitative estimate of drug-likeness (QED) is 0.632. The van der Waals surface area contributed by atoms with Crippen LogP contribution in [0, 0.1) is 0 Å². The van der Waals surface area contributed by atoms with Crippen LogP contribution in [-0.2, 0) is 4.74 Å². The Hall–Kier alpha value is -3.42. The highest BCUT2D eigenvalue weighted by Crippen LogP contribution is 2.31. The summed E-state index contributed by atoms with van der Waals surface area (Å²) in [6.45, 7) is 3.77. The van der Waals surface area contributed by atoms with Gasteiger partial charge in [-0.1, -0.05) is 12.1 Å². The third-order valence-corrected chi connectivity index (χ3v) is 5.59. The lowest BCUT2D eigenvalue weighted by molar-refractivity contribution is -0.0293. The van der Waals surface area contributed by atoms with Crippen LogP contribution >= 0.6 is 0 Å². The van der Waals surface area contributed by atoms with E-state index in [1.807, 2.05) is 54.6 Å². The average molecular weight is 431 g/mol. The molecule has 2 aliphatic rings. The number of anilines is 2. The van der Waals surface area contributed by atoms with E-state index in [-0.39, 0.29) is 6.10 Å². The summed E-state index contributed by atoms with van der Waals surface area (Å²) < 4.78 is 17.4. The van der Waals surface area contributed by atoms with Crippen molar-refractivity contribution in [3.05, 3.63) is 77.6 Å². The van der Waals surface area contributed by atoms with E-state index in [2.05, 4.69) is 21.3 Å². The molecule has 0 bridgehead atoms. The minimum atomic E-state index is -0.0771. The SMILES string of the molecule is COc1ccc2c(c1)C=C(CN1CCO[C@@H](c3cccc(Nc4ccccn4)n3)C1)CO2.